The Morgan fingerprint density at radius 2 is 1.21 bits per heavy atom. The van der Waals surface area contributed by atoms with Crippen molar-refractivity contribution in [2.75, 3.05) is 0 Å². The summed E-state index contributed by atoms with van der Waals surface area (Å²) >= 11 is 4.01. The lowest BCUT2D eigenvalue weighted by molar-refractivity contribution is 0.247. The van der Waals surface area contributed by atoms with Crippen molar-refractivity contribution >= 4 is 21.5 Å². The Kier molecular flexibility index (Phi) is 4.77. The molecule has 2 atom stereocenters. The Hall–Kier alpha value is -2.12. The van der Waals surface area contributed by atoms with Crippen LogP contribution in [0.4, 0.5) is 0 Å². The summed E-state index contributed by atoms with van der Waals surface area (Å²) < 4.78 is 1.21. The molecule has 0 nitrogen and oxygen atoms in total. The Labute approximate surface area is 208 Å². The third-order valence-corrected chi connectivity index (χ3v) is 9.06. The van der Waals surface area contributed by atoms with Gasteiger partial charge in [-0.25, -0.2) is 0 Å². The summed E-state index contributed by atoms with van der Waals surface area (Å²) in [4.78, 5) is 0. The molecule has 0 spiro atoms. The van der Waals surface area contributed by atoms with Crippen LogP contribution >= 0.6 is 15.9 Å². The highest BCUT2D eigenvalue weighted by Gasteiger charge is 2.59. The molecule has 170 valence electrons. The molecule has 1 aromatic rings. The summed E-state index contributed by atoms with van der Waals surface area (Å²) in [7, 11) is 0. The Morgan fingerprint density at radius 1 is 0.636 bits per heavy atom. The predicted octanol–water partition coefficient (Wildman–Crippen LogP) is 9.51. The normalized spacial score (nSPS) is 28.8. The van der Waals surface area contributed by atoms with Crippen LogP contribution in [-0.2, 0) is 0 Å². The van der Waals surface area contributed by atoms with Crippen LogP contribution in [-0.4, -0.2) is 0 Å². The molecule has 33 heavy (non-hydrogen) atoms. The fourth-order valence-electron chi connectivity index (χ4n) is 5.93. The van der Waals surface area contributed by atoms with Crippen LogP contribution in [0.3, 0.4) is 0 Å². The molecule has 4 aliphatic rings. The van der Waals surface area contributed by atoms with Crippen molar-refractivity contribution in [3.8, 4) is 0 Å². The standard InChI is InChI=1S/C32H35Br/c1-29(2,3)21-15-24-19-28(33)27-18-22(30(4,5)6)14-23-16-25(20-12-10-9-11-13-20)26(17-21)31(24,7)32(23,27)8/h9-19H,1-8H3/t31-,32+/m1/s1. The highest BCUT2D eigenvalue weighted by Crippen LogP contribution is 2.70. The highest BCUT2D eigenvalue weighted by atomic mass is 79.9. The third-order valence-electron chi connectivity index (χ3n) is 8.40. The van der Waals surface area contributed by atoms with Crippen molar-refractivity contribution < 1.29 is 0 Å². The first kappa shape index (κ1) is 22.7. The Morgan fingerprint density at radius 3 is 1.82 bits per heavy atom. The van der Waals surface area contributed by atoms with Crippen LogP contribution in [0.2, 0.25) is 0 Å². The van der Waals surface area contributed by atoms with Gasteiger partial charge in [0.05, 0.1) is 0 Å². The van der Waals surface area contributed by atoms with Gasteiger partial charge in [0, 0.05) is 15.3 Å². The first-order valence-electron chi connectivity index (χ1n) is 12.1. The quantitative estimate of drug-likeness (QED) is 0.361. The fourth-order valence-corrected chi connectivity index (χ4v) is 6.69. The molecule has 0 heterocycles. The topological polar surface area (TPSA) is 0 Å². The molecule has 1 heteroatoms. The average molecular weight is 500 g/mol. The van der Waals surface area contributed by atoms with E-state index in [-0.39, 0.29) is 21.7 Å². The fraction of sp³-hybridized carbons (Fsp3) is 0.375. The molecule has 0 saturated carbocycles. The molecule has 0 bridgehead atoms. The van der Waals surface area contributed by atoms with E-state index in [1.165, 1.54) is 49.1 Å². The summed E-state index contributed by atoms with van der Waals surface area (Å²) in [5.74, 6) is 0. The summed E-state index contributed by atoms with van der Waals surface area (Å²) in [6, 6.07) is 10.9. The van der Waals surface area contributed by atoms with Crippen LogP contribution in [0, 0.1) is 21.7 Å². The zero-order valence-corrected chi connectivity index (χ0v) is 22.8. The summed E-state index contributed by atoms with van der Waals surface area (Å²) in [5.41, 5.74) is 11.0. The Balaban J connectivity index is 1.92. The van der Waals surface area contributed by atoms with Crippen molar-refractivity contribution in [2.24, 2.45) is 21.7 Å². The number of hydrogen-bond donors (Lipinski definition) is 0. The van der Waals surface area contributed by atoms with Crippen LogP contribution in [0.25, 0.3) is 5.57 Å². The molecule has 5 rings (SSSR count). The zero-order valence-electron chi connectivity index (χ0n) is 21.2. The molecular formula is C32H35Br. The summed E-state index contributed by atoms with van der Waals surface area (Å²) in [6.07, 6.45) is 14.8. The van der Waals surface area contributed by atoms with Crippen molar-refractivity contribution in [3.05, 3.63) is 110 Å². The lowest BCUT2D eigenvalue weighted by Crippen LogP contribution is -2.49. The predicted molar refractivity (Wildman–Crippen MR) is 146 cm³/mol. The van der Waals surface area contributed by atoms with Gasteiger partial charge in [0.1, 0.15) is 0 Å². The van der Waals surface area contributed by atoms with Gasteiger partial charge in [-0.1, -0.05) is 126 Å². The van der Waals surface area contributed by atoms with E-state index in [0.29, 0.717) is 0 Å². The summed E-state index contributed by atoms with van der Waals surface area (Å²) in [6.45, 7) is 18.8. The lowest BCUT2D eigenvalue weighted by Gasteiger charge is -2.59. The molecular weight excluding hydrogens is 464 g/mol. The van der Waals surface area contributed by atoms with Gasteiger partial charge in [0.2, 0.25) is 0 Å². The van der Waals surface area contributed by atoms with Gasteiger partial charge in [-0.05, 0) is 67.6 Å². The van der Waals surface area contributed by atoms with E-state index in [9.17, 15) is 0 Å². The van der Waals surface area contributed by atoms with E-state index in [1.807, 2.05) is 0 Å². The van der Waals surface area contributed by atoms with Gasteiger partial charge >= 0.3 is 0 Å². The molecule has 0 amide bonds. The molecule has 0 unspecified atom stereocenters. The molecule has 0 aromatic heterocycles. The van der Waals surface area contributed by atoms with E-state index < -0.39 is 0 Å². The maximum Gasteiger partial charge on any atom is 0.0321 e. The minimum atomic E-state index is -0.139. The van der Waals surface area contributed by atoms with Crippen molar-refractivity contribution in [3.63, 3.8) is 0 Å². The second-order valence-electron chi connectivity index (χ2n) is 12.4. The van der Waals surface area contributed by atoms with Crippen LogP contribution in [0.15, 0.2) is 105 Å². The maximum absolute atomic E-state index is 4.01. The first-order chi connectivity index (χ1) is 15.3. The minimum absolute atomic E-state index is 0.0797. The lowest BCUT2D eigenvalue weighted by atomic mass is 9.44. The van der Waals surface area contributed by atoms with E-state index in [4.69, 9.17) is 0 Å². The van der Waals surface area contributed by atoms with Gasteiger partial charge < -0.3 is 0 Å². The number of hydrogen-bond acceptors (Lipinski definition) is 0. The zero-order chi connectivity index (χ0) is 24.0. The molecule has 0 radical (unpaired) electrons. The number of allylic oxidation sites excluding steroid dienone is 14. The minimum Gasteiger partial charge on any atom is -0.0622 e. The largest absolute Gasteiger partial charge is 0.0622 e. The van der Waals surface area contributed by atoms with Gasteiger partial charge in [0.15, 0.2) is 0 Å². The SMILES string of the molecule is CC(C)(C)C1=CC2=CC(Br)=C3C=C(C(C)(C)C)C=C4C=C(c5ccccc5)C(=C1)[C@]2(C)[C@@]43C. The van der Waals surface area contributed by atoms with E-state index in [0.717, 1.165) is 0 Å². The second-order valence-corrected chi connectivity index (χ2v) is 13.2. The van der Waals surface area contributed by atoms with E-state index in [2.05, 4.69) is 138 Å². The molecule has 0 saturated heterocycles. The van der Waals surface area contributed by atoms with Gasteiger partial charge in [-0.2, -0.15) is 0 Å². The van der Waals surface area contributed by atoms with Crippen LogP contribution in [0.5, 0.6) is 0 Å². The monoisotopic (exact) mass is 498 g/mol. The Bertz CT molecular complexity index is 1270. The maximum atomic E-state index is 4.01. The highest BCUT2D eigenvalue weighted by molar-refractivity contribution is 9.11. The number of benzene rings is 1. The van der Waals surface area contributed by atoms with Crippen LogP contribution in [0.1, 0.15) is 61.0 Å². The van der Waals surface area contributed by atoms with Gasteiger partial charge in [-0.3, -0.25) is 0 Å². The number of halogens is 1. The average Bonchev–Trinajstić information content (AvgIpc) is 2.72. The van der Waals surface area contributed by atoms with Crippen LogP contribution < -0.4 is 0 Å². The second kappa shape index (κ2) is 6.95. The van der Waals surface area contributed by atoms with Crippen molar-refractivity contribution in [2.45, 2.75) is 55.4 Å². The number of rotatable bonds is 1. The molecule has 4 aliphatic carbocycles. The smallest absolute Gasteiger partial charge is 0.0321 e. The third kappa shape index (κ3) is 3.08. The van der Waals surface area contributed by atoms with E-state index >= 15 is 0 Å². The molecule has 0 aliphatic heterocycles. The molecule has 0 fully saturated rings. The van der Waals surface area contributed by atoms with Gasteiger partial charge in [0.25, 0.3) is 0 Å². The van der Waals surface area contributed by atoms with Crippen molar-refractivity contribution in [1.29, 1.82) is 0 Å². The molecule has 0 N–H and O–H groups in total. The van der Waals surface area contributed by atoms with Crippen molar-refractivity contribution in [1.82, 2.24) is 0 Å². The first-order valence-corrected chi connectivity index (χ1v) is 12.9. The molecule has 1 aromatic carbocycles. The summed E-state index contributed by atoms with van der Waals surface area (Å²) in [5, 5.41) is 0. The van der Waals surface area contributed by atoms with Gasteiger partial charge in [-0.15, -0.1) is 0 Å². The van der Waals surface area contributed by atoms with E-state index in [1.54, 1.807) is 0 Å².